The Morgan fingerprint density at radius 1 is 0.850 bits per heavy atom. The highest BCUT2D eigenvalue weighted by Gasteiger charge is 2.12. The number of aromatic nitrogens is 1. The van der Waals surface area contributed by atoms with Crippen LogP contribution in [0, 0.1) is 5.82 Å². The summed E-state index contributed by atoms with van der Waals surface area (Å²) in [5.74, 6) is -0.252. The lowest BCUT2D eigenvalue weighted by molar-refractivity contribution is 0.619. The number of benzene rings is 2. The SMILES string of the molecule is Fc1ccc(-c2nc3ccccc3c3occc23)cc1. The summed E-state index contributed by atoms with van der Waals surface area (Å²) >= 11 is 0. The van der Waals surface area contributed by atoms with Crippen molar-refractivity contribution in [3.05, 3.63) is 66.7 Å². The van der Waals surface area contributed by atoms with E-state index in [1.165, 1.54) is 12.1 Å². The molecule has 96 valence electrons. The van der Waals surface area contributed by atoms with Crippen molar-refractivity contribution in [1.29, 1.82) is 0 Å². The number of para-hydroxylation sites is 1. The van der Waals surface area contributed by atoms with Crippen molar-refractivity contribution in [2.24, 2.45) is 0 Å². The first kappa shape index (κ1) is 11.2. The minimum absolute atomic E-state index is 0.252. The molecule has 0 N–H and O–H groups in total. The highest BCUT2D eigenvalue weighted by molar-refractivity contribution is 6.07. The third kappa shape index (κ3) is 1.60. The zero-order valence-corrected chi connectivity index (χ0v) is 10.5. The molecule has 0 spiro atoms. The van der Waals surface area contributed by atoms with E-state index >= 15 is 0 Å². The van der Waals surface area contributed by atoms with E-state index in [0.717, 1.165) is 33.1 Å². The second-order valence-corrected chi connectivity index (χ2v) is 4.65. The zero-order chi connectivity index (χ0) is 13.5. The first-order valence-corrected chi connectivity index (χ1v) is 6.35. The van der Waals surface area contributed by atoms with Gasteiger partial charge >= 0.3 is 0 Å². The topological polar surface area (TPSA) is 26.0 Å². The molecule has 4 rings (SSSR count). The van der Waals surface area contributed by atoms with Crippen molar-refractivity contribution in [2.45, 2.75) is 0 Å². The quantitative estimate of drug-likeness (QED) is 0.493. The van der Waals surface area contributed by atoms with Crippen molar-refractivity contribution in [3.63, 3.8) is 0 Å². The Bertz CT molecular complexity index is 909. The van der Waals surface area contributed by atoms with Gasteiger partial charge in [-0.3, -0.25) is 0 Å². The minimum atomic E-state index is -0.252. The van der Waals surface area contributed by atoms with Gasteiger partial charge in [-0.05, 0) is 42.5 Å². The predicted octanol–water partition coefficient (Wildman–Crippen LogP) is 4.79. The minimum Gasteiger partial charge on any atom is -0.464 e. The molecule has 0 aliphatic rings. The summed E-state index contributed by atoms with van der Waals surface area (Å²) in [5.41, 5.74) is 3.38. The van der Waals surface area contributed by atoms with Crippen LogP contribution in [-0.4, -0.2) is 4.98 Å². The van der Waals surface area contributed by atoms with Gasteiger partial charge in [0.05, 0.1) is 17.5 Å². The zero-order valence-electron chi connectivity index (χ0n) is 10.5. The summed E-state index contributed by atoms with van der Waals surface area (Å²) < 4.78 is 18.7. The van der Waals surface area contributed by atoms with E-state index in [9.17, 15) is 4.39 Å². The number of rotatable bonds is 1. The maximum atomic E-state index is 13.1. The van der Waals surface area contributed by atoms with Crippen LogP contribution in [0.25, 0.3) is 33.1 Å². The van der Waals surface area contributed by atoms with Gasteiger partial charge in [-0.15, -0.1) is 0 Å². The average molecular weight is 263 g/mol. The molecule has 20 heavy (non-hydrogen) atoms. The molecule has 0 atom stereocenters. The van der Waals surface area contributed by atoms with E-state index in [-0.39, 0.29) is 5.82 Å². The molecule has 0 aliphatic heterocycles. The number of pyridine rings is 1. The summed E-state index contributed by atoms with van der Waals surface area (Å²) in [6.45, 7) is 0. The second kappa shape index (κ2) is 4.17. The van der Waals surface area contributed by atoms with Gasteiger partial charge in [-0.1, -0.05) is 12.1 Å². The maximum Gasteiger partial charge on any atom is 0.145 e. The number of hydrogen-bond donors (Lipinski definition) is 0. The molecule has 2 aromatic carbocycles. The first-order valence-electron chi connectivity index (χ1n) is 6.35. The molecule has 0 saturated heterocycles. The first-order chi connectivity index (χ1) is 9.83. The Morgan fingerprint density at radius 3 is 2.50 bits per heavy atom. The van der Waals surface area contributed by atoms with Crippen molar-refractivity contribution in [1.82, 2.24) is 4.98 Å². The maximum absolute atomic E-state index is 13.1. The number of halogens is 1. The van der Waals surface area contributed by atoms with Crippen LogP contribution in [0.2, 0.25) is 0 Å². The highest BCUT2D eigenvalue weighted by atomic mass is 19.1. The highest BCUT2D eigenvalue weighted by Crippen LogP contribution is 2.32. The number of fused-ring (bicyclic) bond motifs is 3. The molecule has 3 heteroatoms. The molecule has 4 aromatic rings. The summed E-state index contributed by atoms with van der Waals surface area (Å²) in [6.07, 6.45) is 1.66. The van der Waals surface area contributed by atoms with Crippen molar-refractivity contribution in [3.8, 4) is 11.3 Å². The summed E-state index contributed by atoms with van der Waals surface area (Å²) in [7, 11) is 0. The molecule has 0 amide bonds. The molecule has 0 radical (unpaired) electrons. The van der Waals surface area contributed by atoms with E-state index < -0.39 is 0 Å². The Labute approximate surface area is 114 Å². The van der Waals surface area contributed by atoms with E-state index in [1.54, 1.807) is 18.4 Å². The monoisotopic (exact) mass is 263 g/mol. The van der Waals surface area contributed by atoms with Crippen molar-refractivity contribution in [2.75, 3.05) is 0 Å². The largest absolute Gasteiger partial charge is 0.464 e. The molecule has 0 fully saturated rings. The molecule has 0 saturated carbocycles. The third-order valence-electron chi connectivity index (χ3n) is 3.42. The van der Waals surface area contributed by atoms with Gasteiger partial charge < -0.3 is 4.42 Å². The number of furan rings is 1. The van der Waals surface area contributed by atoms with Crippen LogP contribution >= 0.6 is 0 Å². The van der Waals surface area contributed by atoms with Crippen LogP contribution in [-0.2, 0) is 0 Å². The predicted molar refractivity (Wildman–Crippen MR) is 76.9 cm³/mol. The number of hydrogen-bond acceptors (Lipinski definition) is 2. The standard InChI is InChI=1S/C17H10FNO/c18-12-7-5-11(6-8-12)16-14-9-10-20-17(14)13-3-1-2-4-15(13)19-16/h1-10H. The van der Waals surface area contributed by atoms with Gasteiger partial charge in [0.25, 0.3) is 0 Å². The van der Waals surface area contributed by atoms with E-state index in [4.69, 9.17) is 9.40 Å². The van der Waals surface area contributed by atoms with Gasteiger partial charge in [-0.25, -0.2) is 9.37 Å². The van der Waals surface area contributed by atoms with Crippen LogP contribution in [0.15, 0.2) is 65.3 Å². The van der Waals surface area contributed by atoms with Crippen LogP contribution in [0.3, 0.4) is 0 Å². The number of nitrogens with zero attached hydrogens (tertiary/aromatic N) is 1. The fourth-order valence-electron chi connectivity index (χ4n) is 2.48. The molecule has 2 heterocycles. The second-order valence-electron chi connectivity index (χ2n) is 4.65. The summed E-state index contributed by atoms with van der Waals surface area (Å²) in [5, 5.41) is 1.92. The van der Waals surface area contributed by atoms with Gasteiger partial charge in [0.15, 0.2) is 0 Å². The molecule has 0 aliphatic carbocycles. The van der Waals surface area contributed by atoms with E-state index in [0.29, 0.717) is 0 Å². The Hall–Kier alpha value is -2.68. The van der Waals surface area contributed by atoms with Crippen LogP contribution < -0.4 is 0 Å². The van der Waals surface area contributed by atoms with Crippen LogP contribution in [0.5, 0.6) is 0 Å². The van der Waals surface area contributed by atoms with Gasteiger partial charge in [0.2, 0.25) is 0 Å². The molecular formula is C17H10FNO. The van der Waals surface area contributed by atoms with Crippen LogP contribution in [0.4, 0.5) is 4.39 Å². The van der Waals surface area contributed by atoms with Crippen LogP contribution in [0.1, 0.15) is 0 Å². The molecule has 2 nitrogen and oxygen atoms in total. The third-order valence-corrected chi connectivity index (χ3v) is 3.42. The fraction of sp³-hybridized carbons (Fsp3) is 0. The lowest BCUT2D eigenvalue weighted by Crippen LogP contribution is -1.87. The fourth-order valence-corrected chi connectivity index (χ4v) is 2.48. The van der Waals surface area contributed by atoms with Gasteiger partial charge in [0.1, 0.15) is 11.4 Å². The molecule has 0 unspecified atom stereocenters. The lowest BCUT2D eigenvalue weighted by Gasteiger charge is -2.05. The molecule has 0 bridgehead atoms. The van der Waals surface area contributed by atoms with Gasteiger partial charge in [0, 0.05) is 16.3 Å². The van der Waals surface area contributed by atoms with Gasteiger partial charge in [-0.2, -0.15) is 0 Å². The van der Waals surface area contributed by atoms with Crippen molar-refractivity contribution >= 4 is 21.9 Å². The van der Waals surface area contributed by atoms with Crippen molar-refractivity contribution < 1.29 is 8.81 Å². The Morgan fingerprint density at radius 2 is 1.65 bits per heavy atom. The Balaban J connectivity index is 2.11. The van der Waals surface area contributed by atoms with E-state index in [1.807, 2.05) is 30.3 Å². The smallest absolute Gasteiger partial charge is 0.145 e. The molecular weight excluding hydrogens is 253 g/mol. The van der Waals surface area contributed by atoms with E-state index in [2.05, 4.69) is 0 Å². The molecule has 2 aromatic heterocycles. The Kier molecular flexibility index (Phi) is 2.33. The summed E-state index contributed by atoms with van der Waals surface area (Å²) in [4.78, 5) is 4.69. The lowest BCUT2D eigenvalue weighted by atomic mass is 10.1. The average Bonchev–Trinajstić information content (AvgIpc) is 2.97. The normalized spacial score (nSPS) is 11.2. The summed E-state index contributed by atoms with van der Waals surface area (Å²) in [6, 6.07) is 16.1.